The first kappa shape index (κ1) is 7.74. The maximum Gasteiger partial charge on any atom is 0.317 e. The second-order valence-electron chi connectivity index (χ2n) is 2.02. The Morgan fingerprint density at radius 3 is 3.09 bits per heavy atom. The molecule has 0 saturated heterocycles. The van der Waals surface area contributed by atoms with Crippen LogP contribution in [-0.2, 0) is 11.5 Å². The third-order valence-corrected chi connectivity index (χ3v) is 1.11. The lowest BCUT2D eigenvalue weighted by Gasteiger charge is -2.00. The molecule has 0 saturated carbocycles. The number of rotatable bonds is 4. The standard InChI is InChI=1S/C6H9N3O2/c10-6(11)4-7-5-9-3-1-2-8-9/h1-3,7H,4-5H2,(H,10,11). The van der Waals surface area contributed by atoms with Gasteiger partial charge in [0.15, 0.2) is 0 Å². The minimum atomic E-state index is -0.864. The highest BCUT2D eigenvalue weighted by atomic mass is 16.4. The maximum atomic E-state index is 10.0. The molecule has 0 amide bonds. The van der Waals surface area contributed by atoms with Crippen LogP contribution in [0.1, 0.15) is 0 Å². The summed E-state index contributed by atoms with van der Waals surface area (Å²) in [5, 5.41) is 14.8. The minimum Gasteiger partial charge on any atom is -0.480 e. The molecule has 0 aromatic carbocycles. The lowest BCUT2D eigenvalue weighted by atomic mass is 10.6. The molecule has 0 bridgehead atoms. The van der Waals surface area contributed by atoms with Gasteiger partial charge in [-0.3, -0.25) is 14.8 Å². The Kier molecular flexibility index (Phi) is 2.62. The molecule has 0 unspecified atom stereocenters. The summed E-state index contributed by atoms with van der Waals surface area (Å²) in [6.45, 7) is 0.388. The summed E-state index contributed by atoms with van der Waals surface area (Å²) in [6, 6.07) is 1.78. The smallest absolute Gasteiger partial charge is 0.317 e. The van der Waals surface area contributed by atoms with Crippen molar-refractivity contribution in [3.8, 4) is 0 Å². The van der Waals surface area contributed by atoms with Gasteiger partial charge in [0.05, 0.1) is 13.2 Å². The van der Waals surface area contributed by atoms with Crippen LogP contribution in [0.4, 0.5) is 0 Å². The molecule has 11 heavy (non-hydrogen) atoms. The molecule has 1 aromatic rings. The van der Waals surface area contributed by atoms with Crippen molar-refractivity contribution in [2.45, 2.75) is 6.67 Å². The van der Waals surface area contributed by atoms with Gasteiger partial charge in [0, 0.05) is 12.4 Å². The van der Waals surface area contributed by atoms with Crippen LogP contribution in [-0.4, -0.2) is 27.4 Å². The molecule has 1 heterocycles. The molecule has 0 aliphatic carbocycles. The molecular formula is C6H9N3O2. The molecular weight excluding hydrogens is 146 g/mol. The zero-order valence-electron chi connectivity index (χ0n) is 5.90. The van der Waals surface area contributed by atoms with E-state index in [4.69, 9.17) is 5.11 Å². The first-order valence-electron chi connectivity index (χ1n) is 3.19. The lowest BCUT2D eigenvalue weighted by molar-refractivity contribution is -0.136. The number of hydrogen-bond acceptors (Lipinski definition) is 3. The Bertz CT molecular complexity index is 220. The fourth-order valence-corrected chi connectivity index (χ4v) is 0.671. The van der Waals surface area contributed by atoms with Crippen LogP contribution in [0, 0.1) is 0 Å². The van der Waals surface area contributed by atoms with Crippen LogP contribution in [0.25, 0.3) is 0 Å². The monoisotopic (exact) mass is 155 g/mol. The third-order valence-electron chi connectivity index (χ3n) is 1.11. The number of aromatic nitrogens is 2. The van der Waals surface area contributed by atoms with Crippen LogP contribution in [0.2, 0.25) is 0 Å². The lowest BCUT2D eigenvalue weighted by Crippen LogP contribution is -2.25. The molecule has 2 N–H and O–H groups in total. The predicted molar refractivity (Wildman–Crippen MR) is 37.9 cm³/mol. The number of nitrogens with zero attached hydrogens (tertiary/aromatic N) is 2. The molecule has 0 aliphatic rings. The van der Waals surface area contributed by atoms with Crippen molar-refractivity contribution in [1.29, 1.82) is 0 Å². The van der Waals surface area contributed by atoms with Crippen LogP contribution in [0.15, 0.2) is 18.5 Å². The second kappa shape index (κ2) is 3.72. The molecule has 5 nitrogen and oxygen atoms in total. The fourth-order valence-electron chi connectivity index (χ4n) is 0.671. The van der Waals surface area contributed by atoms with Gasteiger partial charge in [-0.1, -0.05) is 0 Å². The average Bonchev–Trinajstić information content (AvgIpc) is 2.39. The normalized spacial score (nSPS) is 9.82. The Morgan fingerprint density at radius 1 is 1.73 bits per heavy atom. The Morgan fingerprint density at radius 2 is 2.55 bits per heavy atom. The molecule has 60 valence electrons. The number of carboxylic acids is 1. The van der Waals surface area contributed by atoms with Crippen LogP contribution in [0.5, 0.6) is 0 Å². The van der Waals surface area contributed by atoms with E-state index in [1.165, 1.54) is 0 Å². The highest BCUT2D eigenvalue weighted by molar-refractivity contribution is 5.68. The van der Waals surface area contributed by atoms with Gasteiger partial charge in [0.25, 0.3) is 0 Å². The van der Waals surface area contributed by atoms with E-state index in [-0.39, 0.29) is 6.54 Å². The SMILES string of the molecule is O=C(O)CNCn1cccn1. The third kappa shape index (κ3) is 2.81. The van der Waals surface area contributed by atoms with Gasteiger partial charge in [-0.15, -0.1) is 0 Å². The van der Waals surface area contributed by atoms with E-state index < -0.39 is 5.97 Å². The molecule has 0 atom stereocenters. The molecule has 1 rings (SSSR count). The number of nitrogens with one attached hydrogen (secondary N) is 1. The van der Waals surface area contributed by atoms with Crippen LogP contribution >= 0.6 is 0 Å². The highest BCUT2D eigenvalue weighted by Crippen LogP contribution is 1.79. The van der Waals surface area contributed by atoms with Crippen molar-refractivity contribution in [3.05, 3.63) is 18.5 Å². The van der Waals surface area contributed by atoms with Gasteiger partial charge in [-0.2, -0.15) is 5.10 Å². The van der Waals surface area contributed by atoms with Gasteiger partial charge in [-0.05, 0) is 6.07 Å². The van der Waals surface area contributed by atoms with E-state index in [9.17, 15) is 4.79 Å². The zero-order chi connectivity index (χ0) is 8.10. The van der Waals surface area contributed by atoms with Crippen molar-refractivity contribution >= 4 is 5.97 Å². The highest BCUT2D eigenvalue weighted by Gasteiger charge is 1.94. The van der Waals surface area contributed by atoms with E-state index in [1.54, 1.807) is 23.1 Å². The van der Waals surface area contributed by atoms with Crippen LogP contribution in [0.3, 0.4) is 0 Å². The molecule has 5 heteroatoms. The van der Waals surface area contributed by atoms with Crippen molar-refractivity contribution in [3.63, 3.8) is 0 Å². The van der Waals surface area contributed by atoms with Gasteiger partial charge in [-0.25, -0.2) is 0 Å². The summed E-state index contributed by atoms with van der Waals surface area (Å²) in [7, 11) is 0. The average molecular weight is 155 g/mol. The summed E-state index contributed by atoms with van der Waals surface area (Å²) in [6.07, 6.45) is 3.40. The second-order valence-corrected chi connectivity index (χ2v) is 2.02. The number of aliphatic carboxylic acids is 1. The van der Waals surface area contributed by atoms with Crippen molar-refractivity contribution in [2.75, 3.05) is 6.54 Å². The fraction of sp³-hybridized carbons (Fsp3) is 0.333. The number of carbonyl (C=O) groups is 1. The Hall–Kier alpha value is -1.36. The molecule has 0 spiro atoms. The summed E-state index contributed by atoms with van der Waals surface area (Å²) in [4.78, 5) is 10.0. The summed E-state index contributed by atoms with van der Waals surface area (Å²) >= 11 is 0. The Labute approximate surface area is 63.6 Å². The van der Waals surface area contributed by atoms with Gasteiger partial charge in [0.2, 0.25) is 0 Å². The Balaban J connectivity index is 2.19. The largest absolute Gasteiger partial charge is 0.480 e. The van der Waals surface area contributed by atoms with Crippen molar-refractivity contribution < 1.29 is 9.90 Å². The quantitative estimate of drug-likeness (QED) is 0.616. The number of hydrogen-bond donors (Lipinski definition) is 2. The van der Waals surface area contributed by atoms with E-state index in [1.807, 2.05) is 0 Å². The van der Waals surface area contributed by atoms with E-state index in [0.29, 0.717) is 6.67 Å². The summed E-state index contributed by atoms with van der Waals surface area (Å²) in [5.74, 6) is -0.864. The molecule has 0 radical (unpaired) electrons. The van der Waals surface area contributed by atoms with Crippen LogP contribution < -0.4 is 5.32 Å². The van der Waals surface area contributed by atoms with E-state index in [2.05, 4.69) is 10.4 Å². The van der Waals surface area contributed by atoms with Gasteiger partial charge >= 0.3 is 5.97 Å². The first-order chi connectivity index (χ1) is 5.29. The minimum absolute atomic E-state index is 0.0418. The summed E-state index contributed by atoms with van der Waals surface area (Å²) in [5.41, 5.74) is 0. The zero-order valence-corrected chi connectivity index (χ0v) is 5.90. The summed E-state index contributed by atoms with van der Waals surface area (Å²) < 4.78 is 1.61. The molecule has 0 fully saturated rings. The predicted octanol–water partition coefficient (Wildman–Crippen LogP) is -0.485. The maximum absolute atomic E-state index is 10.0. The first-order valence-corrected chi connectivity index (χ1v) is 3.19. The van der Waals surface area contributed by atoms with Crippen molar-refractivity contribution in [2.24, 2.45) is 0 Å². The molecule has 0 aliphatic heterocycles. The topological polar surface area (TPSA) is 67.2 Å². The van der Waals surface area contributed by atoms with Crippen molar-refractivity contribution in [1.82, 2.24) is 15.1 Å². The molecule has 1 aromatic heterocycles. The van der Waals surface area contributed by atoms with E-state index >= 15 is 0 Å². The van der Waals surface area contributed by atoms with Gasteiger partial charge in [0.1, 0.15) is 0 Å². The van der Waals surface area contributed by atoms with Gasteiger partial charge < -0.3 is 5.11 Å². The number of carboxylic acid groups (broad SMARTS) is 1. The van der Waals surface area contributed by atoms with E-state index in [0.717, 1.165) is 0 Å².